The van der Waals surface area contributed by atoms with Gasteiger partial charge < -0.3 is 26.0 Å². The number of carbonyl (C=O) groups is 3. The van der Waals surface area contributed by atoms with E-state index in [0.717, 1.165) is 36.1 Å². The molecule has 0 aromatic heterocycles. The minimum Gasteiger partial charge on any atom is -0.492 e. The lowest BCUT2D eigenvalue weighted by molar-refractivity contribution is -0.521. The smallest absolute Gasteiger partial charge is 0.343 e. The molecule has 1 saturated carbocycles. The average molecular weight is 554 g/mol. The van der Waals surface area contributed by atoms with Gasteiger partial charge in [0.15, 0.2) is 12.0 Å². The molecular weight excluding hydrogens is 520 g/mol. The number of para-hydroxylation sites is 1. The molecule has 5 heterocycles. The third-order valence-electron chi connectivity index (χ3n) is 9.68. The van der Waals surface area contributed by atoms with E-state index in [4.69, 9.17) is 16.2 Å². The summed E-state index contributed by atoms with van der Waals surface area (Å²) in [6, 6.07) is 2.55. The van der Waals surface area contributed by atoms with Crippen LogP contribution in [-0.2, 0) is 15.0 Å². The molecule has 2 spiro atoms. The predicted octanol–water partition coefficient (Wildman–Crippen LogP) is -4.10. The van der Waals surface area contributed by atoms with E-state index in [1.54, 1.807) is 6.07 Å². The highest BCUT2D eigenvalue weighted by atomic mass is 16.5. The Bertz CT molecular complexity index is 1370. The van der Waals surface area contributed by atoms with Gasteiger partial charge in [-0.3, -0.25) is 34.9 Å². The number of carbonyl (C=O) groups excluding carboxylic acids is 3. The predicted molar refractivity (Wildman–Crippen MR) is 138 cm³/mol. The topological polar surface area (TPSA) is 210 Å². The highest BCUT2D eigenvalue weighted by Gasteiger charge is 2.76. The van der Waals surface area contributed by atoms with Gasteiger partial charge in [0.2, 0.25) is 17.6 Å². The Morgan fingerprint density at radius 3 is 2.65 bits per heavy atom. The lowest BCUT2D eigenvalue weighted by atomic mass is 9.61. The Hall–Kier alpha value is -3.91. The maximum atomic E-state index is 13.6. The quantitative estimate of drug-likeness (QED) is 0.141. The minimum atomic E-state index is -2.61. The van der Waals surface area contributed by atoms with Gasteiger partial charge in [-0.2, -0.15) is 0 Å². The van der Waals surface area contributed by atoms with Crippen LogP contribution >= 0.6 is 0 Å². The molecule has 1 aliphatic carbocycles. The van der Waals surface area contributed by atoms with Gasteiger partial charge in [0.1, 0.15) is 17.8 Å². The second-order valence-corrected chi connectivity index (χ2v) is 11.7. The molecule has 0 bridgehead atoms. The van der Waals surface area contributed by atoms with Gasteiger partial charge in [0.25, 0.3) is 11.6 Å². The number of likely N-dealkylation sites (tertiary alicyclic amines) is 1. The number of nitrogens with zero attached hydrogens (tertiary/aromatic N) is 3. The Morgan fingerprint density at radius 1 is 1.20 bits per heavy atom. The summed E-state index contributed by atoms with van der Waals surface area (Å²) in [6.45, 7) is 0.313. The highest BCUT2D eigenvalue weighted by molar-refractivity contribution is 6.02. The highest BCUT2D eigenvalue weighted by Crippen LogP contribution is 2.52. The summed E-state index contributed by atoms with van der Waals surface area (Å²) in [5, 5.41) is 29.2. The number of fused-ring (bicyclic) bond motifs is 2. The van der Waals surface area contributed by atoms with E-state index in [2.05, 4.69) is 20.6 Å². The average Bonchev–Trinajstić information content (AvgIpc) is 3.49. The van der Waals surface area contributed by atoms with Crippen LogP contribution in [0.4, 0.5) is 0 Å². The van der Waals surface area contributed by atoms with Gasteiger partial charge in [0.05, 0.1) is 25.3 Å². The number of aliphatic hydroxyl groups is 2. The molecule has 14 heteroatoms. The SMILES string of the molecule is NC1=N[C@@H](CN2C(=O)CCC2=O)[C@@H]2[NH+]=C(N)NC23N1CC(NC(=O)c1cccc2c1OCCC21CCC1)C3(O)O. The number of imide groups is 1. The summed E-state index contributed by atoms with van der Waals surface area (Å²) >= 11 is 0. The van der Waals surface area contributed by atoms with E-state index in [0.29, 0.717) is 17.9 Å². The molecule has 3 fully saturated rings. The van der Waals surface area contributed by atoms with E-state index in [9.17, 15) is 24.6 Å². The van der Waals surface area contributed by atoms with Crippen molar-refractivity contribution in [2.24, 2.45) is 16.5 Å². The molecular formula is C26H33N8O6+. The van der Waals surface area contributed by atoms with Crippen molar-refractivity contribution in [3.8, 4) is 5.75 Å². The van der Waals surface area contributed by atoms with E-state index in [-0.39, 0.29) is 55.1 Å². The van der Waals surface area contributed by atoms with Crippen LogP contribution in [-0.4, -0.2) is 98.9 Å². The van der Waals surface area contributed by atoms with Crippen molar-refractivity contribution in [2.75, 3.05) is 19.7 Å². The van der Waals surface area contributed by atoms with Gasteiger partial charge in [-0.05, 0) is 25.3 Å². The standard InChI is InChI=1S/C26H32N8O6/c27-22-31-20-15(11-33-17(35)5-6-18(33)36)29-23(28)34-12-16(26(38,39)25(20,34)32-22)30-21(37)13-3-1-4-14-19(13)40-10-9-24(14)7-2-8-24/h1,3-4,15-16,20,38-39H,2,5-12H2,(H2,28,29)(H,30,37)(H3,27,31,32)/p+1/t15-,16?,20-,25?/m0/s1. The number of benzene rings is 1. The Balaban J connectivity index is 1.19. The third-order valence-corrected chi connectivity index (χ3v) is 9.68. The van der Waals surface area contributed by atoms with Gasteiger partial charge >= 0.3 is 5.96 Å². The van der Waals surface area contributed by atoms with E-state index < -0.39 is 35.5 Å². The van der Waals surface area contributed by atoms with Crippen molar-refractivity contribution in [2.45, 2.75) is 73.5 Å². The van der Waals surface area contributed by atoms with Crippen LogP contribution in [0.3, 0.4) is 0 Å². The number of amides is 3. The Labute approximate surface area is 229 Å². The summed E-state index contributed by atoms with van der Waals surface area (Å²) in [5.41, 5.74) is 12.1. The van der Waals surface area contributed by atoms with Crippen LogP contribution < -0.4 is 31.8 Å². The molecule has 40 heavy (non-hydrogen) atoms. The first-order valence-corrected chi connectivity index (χ1v) is 13.7. The largest absolute Gasteiger partial charge is 0.492 e. The molecule has 7 rings (SSSR count). The second-order valence-electron chi connectivity index (χ2n) is 11.7. The van der Waals surface area contributed by atoms with Crippen molar-refractivity contribution < 1.29 is 34.3 Å². The lowest BCUT2D eigenvalue weighted by Crippen LogP contribution is -2.90. The van der Waals surface area contributed by atoms with E-state index in [1.165, 1.54) is 4.90 Å². The van der Waals surface area contributed by atoms with Crippen molar-refractivity contribution in [3.05, 3.63) is 29.3 Å². The summed E-state index contributed by atoms with van der Waals surface area (Å²) < 4.78 is 5.97. The van der Waals surface area contributed by atoms with Gasteiger partial charge in [0, 0.05) is 23.8 Å². The third kappa shape index (κ3) is 3.19. The fraction of sp³-hybridized carbons (Fsp3) is 0.577. The van der Waals surface area contributed by atoms with Crippen LogP contribution in [0.15, 0.2) is 23.2 Å². The van der Waals surface area contributed by atoms with Crippen LogP contribution in [0.1, 0.15) is 54.4 Å². The lowest BCUT2D eigenvalue weighted by Gasteiger charge is -2.46. The summed E-state index contributed by atoms with van der Waals surface area (Å²) in [7, 11) is 0. The molecule has 1 aromatic rings. The number of aliphatic imine (C=N–C) groups is 1. The van der Waals surface area contributed by atoms with E-state index >= 15 is 0 Å². The van der Waals surface area contributed by atoms with Gasteiger partial charge in [-0.15, -0.1) is 0 Å². The van der Waals surface area contributed by atoms with Crippen molar-refractivity contribution in [1.82, 2.24) is 20.4 Å². The monoisotopic (exact) mass is 553 g/mol. The first kappa shape index (κ1) is 25.1. The number of nitrogens with one attached hydrogen (secondary N) is 3. The fourth-order valence-electron chi connectivity index (χ4n) is 7.47. The Kier molecular flexibility index (Phi) is 5.21. The maximum Gasteiger partial charge on any atom is 0.343 e. The zero-order valence-corrected chi connectivity index (χ0v) is 21.9. The minimum absolute atomic E-state index is 0.0343. The van der Waals surface area contributed by atoms with Crippen LogP contribution in [0.25, 0.3) is 0 Å². The number of guanidine groups is 2. The van der Waals surface area contributed by atoms with Crippen molar-refractivity contribution in [1.29, 1.82) is 0 Å². The van der Waals surface area contributed by atoms with Crippen LogP contribution in [0, 0.1) is 0 Å². The molecule has 9 N–H and O–H groups in total. The summed E-state index contributed by atoms with van der Waals surface area (Å²) in [5.74, 6) is -3.23. The zero-order chi connectivity index (χ0) is 28.0. The molecule has 4 atom stereocenters. The molecule has 3 amide bonds. The Morgan fingerprint density at radius 2 is 1.95 bits per heavy atom. The zero-order valence-electron chi connectivity index (χ0n) is 21.9. The first-order chi connectivity index (χ1) is 19.1. The van der Waals surface area contributed by atoms with Crippen molar-refractivity contribution in [3.63, 3.8) is 0 Å². The molecule has 212 valence electrons. The van der Waals surface area contributed by atoms with Gasteiger partial charge in [-0.1, -0.05) is 18.6 Å². The second kappa shape index (κ2) is 8.30. The number of nitrogens with two attached hydrogens (primary N) is 2. The molecule has 14 nitrogen and oxygen atoms in total. The van der Waals surface area contributed by atoms with Crippen LogP contribution in [0.2, 0.25) is 0 Å². The summed E-state index contributed by atoms with van der Waals surface area (Å²) in [4.78, 5) is 48.3. The molecule has 0 radical (unpaired) electrons. The normalized spacial score (nSPS) is 32.8. The number of hydrogen-bond acceptors (Lipinski definition) is 11. The maximum absolute atomic E-state index is 13.6. The summed E-state index contributed by atoms with van der Waals surface area (Å²) in [6.07, 6.45) is 4.37. The molecule has 6 aliphatic rings. The van der Waals surface area contributed by atoms with Crippen molar-refractivity contribution >= 4 is 29.6 Å². The molecule has 1 aromatic carbocycles. The van der Waals surface area contributed by atoms with Crippen LogP contribution in [0.5, 0.6) is 5.75 Å². The fourth-order valence-corrected chi connectivity index (χ4v) is 7.47. The first-order valence-electron chi connectivity index (χ1n) is 13.7. The molecule has 2 unspecified atom stereocenters. The molecule has 2 saturated heterocycles. The number of hydrogen-bond donors (Lipinski definition) is 7. The number of rotatable bonds is 4. The van der Waals surface area contributed by atoms with E-state index in [1.807, 2.05) is 12.1 Å². The molecule has 5 aliphatic heterocycles. The van der Waals surface area contributed by atoms with Gasteiger partial charge in [-0.25, -0.2) is 10.3 Å². The number of ether oxygens (including phenoxy) is 1.